The number of hydrogen-bond donors (Lipinski definition) is 2. The zero-order valence-electron chi connectivity index (χ0n) is 10.2. The molecule has 0 saturated heterocycles. The predicted octanol–water partition coefficient (Wildman–Crippen LogP) is 3.13. The Bertz CT molecular complexity index is 431. The van der Waals surface area contributed by atoms with Crippen LogP contribution in [0.4, 0.5) is 5.82 Å². The first-order valence-electron chi connectivity index (χ1n) is 5.40. The smallest absolute Gasteiger partial charge is 0.171 e. The van der Waals surface area contributed by atoms with Crippen LogP contribution in [0, 0.1) is 6.92 Å². The highest BCUT2D eigenvalue weighted by Gasteiger charge is 2.08. The van der Waals surface area contributed by atoms with Gasteiger partial charge >= 0.3 is 0 Å². The number of rotatable bonds is 5. The summed E-state index contributed by atoms with van der Waals surface area (Å²) in [7, 11) is 1.67. The van der Waals surface area contributed by atoms with E-state index in [0.717, 1.165) is 23.0 Å². The fraction of sp³-hybridized carbons (Fsp3) is 0.455. The van der Waals surface area contributed by atoms with Gasteiger partial charge in [0.2, 0.25) is 0 Å². The molecule has 0 saturated carbocycles. The molecule has 0 aromatic carbocycles. The van der Waals surface area contributed by atoms with Gasteiger partial charge in [-0.1, -0.05) is 11.6 Å². The summed E-state index contributed by atoms with van der Waals surface area (Å²) in [6.45, 7) is 3.37. The van der Waals surface area contributed by atoms with Crippen molar-refractivity contribution < 1.29 is 4.74 Å². The highest BCUT2D eigenvalue weighted by molar-refractivity contribution is 9.10. The van der Waals surface area contributed by atoms with Crippen molar-refractivity contribution in [3.63, 3.8) is 0 Å². The molecule has 2 N–H and O–H groups in total. The average Bonchev–Trinajstić information content (AvgIpc) is 2.35. The SMILES string of the molecule is COCCCNC(=S)Nc1ncc(Cl)c(C)c1Br. The lowest BCUT2D eigenvalue weighted by Crippen LogP contribution is -2.30. The van der Waals surface area contributed by atoms with Crippen LogP contribution in [0.5, 0.6) is 0 Å². The molecule has 1 aromatic heterocycles. The Morgan fingerprint density at radius 3 is 3.00 bits per heavy atom. The van der Waals surface area contributed by atoms with Gasteiger partial charge in [-0.2, -0.15) is 0 Å². The molecule has 100 valence electrons. The van der Waals surface area contributed by atoms with Gasteiger partial charge in [-0.25, -0.2) is 4.98 Å². The molecule has 0 spiro atoms. The summed E-state index contributed by atoms with van der Waals surface area (Å²) in [4.78, 5) is 4.18. The number of nitrogens with one attached hydrogen (secondary N) is 2. The van der Waals surface area contributed by atoms with Crippen molar-refractivity contribution in [3.05, 3.63) is 21.3 Å². The highest BCUT2D eigenvalue weighted by atomic mass is 79.9. The van der Waals surface area contributed by atoms with Crippen molar-refractivity contribution >= 4 is 50.7 Å². The number of methoxy groups -OCH3 is 1. The monoisotopic (exact) mass is 351 g/mol. The maximum atomic E-state index is 5.96. The summed E-state index contributed by atoms with van der Waals surface area (Å²) in [5, 5.41) is 7.24. The second-order valence-electron chi connectivity index (χ2n) is 3.62. The van der Waals surface area contributed by atoms with Crippen LogP contribution in [0.2, 0.25) is 5.02 Å². The number of ether oxygens (including phenoxy) is 1. The van der Waals surface area contributed by atoms with E-state index in [1.807, 2.05) is 6.92 Å². The summed E-state index contributed by atoms with van der Waals surface area (Å²) in [6.07, 6.45) is 2.49. The Labute approximate surface area is 126 Å². The molecule has 0 fully saturated rings. The number of halogens is 2. The minimum absolute atomic E-state index is 0.529. The molecule has 0 radical (unpaired) electrons. The zero-order valence-corrected chi connectivity index (χ0v) is 13.4. The minimum atomic E-state index is 0.529. The number of pyridine rings is 1. The minimum Gasteiger partial charge on any atom is -0.385 e. The van der Waals surface area contributed by atoms with Gasteiger partial charge in [0.05, 0.1) is 9.50 Å². The summed E-state index contributed by atoms with van der Waals surface area (Å²) in [6, 6.07) is 0. The molecule has 0 aliphatic rings. The molecule has 0 aliphatic carbocycles. The second-order valence-corrected chi connectivity index (χ2v) is 5.23. The van der Waals surface area contributed by atoms with E-state index in [-0.39, 0.29) is 0 Å². The first-order valence-corrected chi connectivity index (χ1v) is 6.98. The van der Waals surface area contributed by atoms with Gasteiger partial charge in [-0.15, -0.1) is 0 Å². The van der Waals surface area contributed by atoms with Gasteiger partial charge in [0.25, 0.3) is 0 Å². The van der Waals surface area contributed by atoms with Crippen LogP contribution < -0.4 is 10.6 Å². The van der Waals surface area contributed by atoms with Crippen LogP contribution in [0.1, 0.15) is 12.0 Å². The molecule has 0 aliphatic heterocycles. The maximum Gasteiger partial charge on any atom is 0.171 e. The Morgan fingerprint density at radius 1 is 1.61 bits per heavy atom. The molecule has 0 unspecified atom stereocenters. The van der Waals surface area contributed by atoms with Crippen molar-refractivity contribution in [2.75, 3.05) is 25.6 Å². The Morgan fingerprint density at radius 2 is 2.33 bits per heavy atom. The lowest BCUT2D eigenvalue weighted by molar-refractivity contribution is 0.196. The summed E-state index contributed by atoms with van der Waals surface area (Å²) >= 11 is 14.6. The molecule has 7 heteroatoms. The van der Waals surface area contributed by atoms with Gasteiger partial charge in [0, 0.05) is 26.5 Å². The number of thiocarbonyl (C=S) groups is 1. The normalized spacial score (nSPS) is 10.2. The number of aromatic nitrogens is 1. The van der Waals surface area contributed by atoms with Crippen LogP contribution >= 0.6 is 39.7 Å². The summed E-state index contributed by atoms with van der Waals surface area (Å²) in [5.41, 5.74) is 0.927. The van der Waals surface area contributed by atoms with E-state index >= 15 is 0 Å². The fourth-order valence-corrected chi connectivity index (χ4v) is 2.09. The van der Waals surface area contributed by atoms with Gasteiger partial charge < -0.3 is 15.4 Å². The third kappa shape index (κ3) is 4.68. The van der Waals surface area contributed by atoms with E-state index in [1.165, 1.54) is 0 Å². The van der Waals surface area contributed by atoms with E-state index in [0.29, 0.717) is 22.6 Å². The van der Waals surface area contributed by atoms with Gasteiger partial charge in [0.15, 0.2) is 5.11 Å². The standard InChI is InChI=1S/C11H15BrClN3OS/c1-7-8(13)6-15-10(9(7)12)16-11(18)14-4-3-5-17-2/h6H,3-5H2,1-2H3,(H2,14,15,16,18). The van der Waals surface area contributed by atoms with Crippen molar-refractivity contribution in [2.45, 2.75) is 13.3 Å². The van der Waals surface area contributed by atoms with E-state index in [1.54, 1.807) is 13.3 Å². The number of anilines is 1. The lowest BCUT2D eigenvalue weighted by Gasteiger charge is -2.12. The quantitative estimate of drug-likeness (QED) is 0.630. The molecular weight excluding hydrogens is 338 g/mol. The molecule has 0 atom stereocenters. The topological polar surface area (TPSA) is 46.2 Å². The van der Waals surface area contributed by atoms with Crippen LogP contribution in [0.3, 0.4) is 0 Å². The van der Waals surface area contributed by atoms with E-state index in [2.05, 4.69) is 31.5 Å². The first kappa shape index (κ1) is 15.6. The molecule has 0 amide bonds. The van der Waals surface area contributed by atoms with Crippen LogP contribution in [-0.4, -0.2) is 30.4 Å². The second kappa shape index (κ2) is 7.89. The largest absolute Gasteiger partial charge is 0.385 e. The van der Waals surface area contributed by atoms with Crippen molar-refractivity contribution in [1.29, 1.82) is 0 Å². The summed E-state index contributed by atoms with van der Waals surface area (Å²) in [5.74, 6) is 0.654. The molecule has 1 aromatic rings. The third-order valence-electron chi connectivity index (χ3n) is 2.25. The van der Waals surface area contributed by atoms with Gasteiger partial charge in [-0.05, 0) is 47.1 Å². The zero-order chi connectivity index (χ0) is 13.5. The molecule has 18 heavy (non-hydrogen) atoms. The molecular formula is C11H15BrClN3OS. The Kier molecular flexibility index (Phi) is 6.85. The van der Waals surface area contributed by atoms with E-state index < -0.39 is 0 Å². The van der Waals surface area contributed by atoms with E-state index in [4.69, 9.17) is 28.6 Å². The Hall–Kier alpha value is -0.430. The third-order valence-corrected chi connectivity index (χ3v) is 3.84. The number of nitrogens with zero attached hydrogens (tertiary/aromatic N) is 1. The average molecular weight is 353 g/mol. The molecule has 4 nitrogen and oxygen atoms in total. The van der Waals surface area contributed by atoms with E-state index in [9.17, 15) is 0 Å². The molecule has 1 rings (SSSR count). The van der Waals surface area contributed by atoms with Crippen LogP contribution in [-0.2, 0) is 4.74 Å². The molecule has 1 heterocycles. The van der Waals surface area contributed by atoms with Crippen molar-refractivity contribution in [3.8, 4) is 0 Å². The van der Waals surface area contributed by atoms with Crippen LogP contribution in [0.25, 0.3) is 0 Å². The Balaban J connectivity index is 2.52. The fourth-order valence-electron chi connectivity index (χ4n) is 1.21. The first-order chi connectivity index (χ1) is 8.56. The molecule has 0 bridgehead atoms. The van der Waals surface area contributed by atoms with Gasteiger partial charge in [0.1, 0.15) is 5.82 Å². The highest BCUT2D eigenvalue weighted by Crippen LogP contribution is 2.28. The van der Waals surface area contributed by atoms with Crippen molar-refractivity contribution in [2.24, 2.45) is 0 Å². The summed E-state index contributed by atoms with van der Waals surface area (Å²) < 4.78 is 5.77. The lowest BCUT2D eigenvalue weighted by atomic mass is 10.3. The van der Waals surface area contributed by atoms with Gasteiger partial charge in [-0.3, -0.25) is 0 Å². The van der Waals surface area contributed by atoms with Crippen molar-refractivity contribution in [1.82, 2.24) is 10.3 Å². The predicted molar refractivity (Wildman–Crippen MR) is 82.4 cm³/mol. The number of hydrogen-bond acceptors (Lipinski definition) is 3. The maximum absolute atomic E-state index is 5.96. The van der Waals surface area contributed by atoms with Crippen LogP contribution in [0.15, 0.2) is 10.7 Å².